The van der Waals surface area contributed by atoms with Crippen molar-refractivity contribution in [3.63, 3.8) is 0 Å². The molecule has 0 aromatic heterocycles. The van der Waals surface area contributed by atoms with Gasteiger partial charge in [-0.25, -0.2) is 0 Å². The van der Waals surface area contributed by atoms with Crippen molar-refractivity contribution in [2.24, 2.45) is 11.8 Å². The molecule has 29 heavy (non-hydrogen) atoms. The van der Waals surface area contributed by atoms with Crippen molar-refractivity contribution in [2.75, 3.05) is 33.3 Å². The summed E-state index contributed by atoms with van der Waals surface area (Å²) < 4.78 is 5.32. The Labute approximate surface area is 179 Å². The first kappa shape index (κ1) is 21.9. The van der Waals surface area contributed by atoms with E-state index in [4.69, 9.17) is 16.3 Å². The number of nitrogens with zero attached hydrogens (tertiary/aromatic N) is 2. The van der Waals surface area contributed by atoms with Crippen molar-refractivity contribution < 1.29 is 14.3 Å². The number of piperidine rings is 1. The van der Waals surface area contributed by atoms with Crippen LogP contribution in [0.4, 0.5) is 0 Å². The molecule has 1 aromatic rings. The molecule has 2 aliphatic heterocycles. The highest BCUT2D eigenvalue weighted by atomic mass is 35.5. The summed E-state index contributed by atoms with van der Waals surface area (Å²) in [7, 11) is 1.55. The Bertz CT molecular complexity index is 716. The first-order valence-corrected chi connectivity index (χ1v) is 11.3. The normalized spacial score (nSPS) is 21.0. The number of likely N-dealkylation sites (tertiary alicyclic amines) is 2. The van der Waals surface area contributed by atoms with Gasteiger partial charge in [0.05, 0.1) is 12.7 Å². The number of carbonyl (C=O) groups is 2. The summed E-state index contributed by atoms with van der Waals surface area (Å²) >= 11 is 6.07. The maximum absolute atomic E-state index is 13.0. The van der Waals surface area contributed by atoms with E-state index in [0.717, 1.165) is 44.7 Å². The highest BCUT2D eigenvalue weighted by Crippen LogP contribution is 2.28. The van der Waals surface area contributed by atoms with Crippen molar-refractivity contribution in [1.82, 2.24) is 9.80 Å². The second kappa shape index (κ2) is 10.3. The van der Waals surface area contributed by atoms with Gasteiger partial charge >= 0.3 is 0 Å². The van der Waals surface area contributed by atoms with E-state index >= 15 is 0 Å². The molecule has 160 valence electrons. The Morgan fingerprint density at radius 3 is 2.48 bits per heavy atom. The lowest BCUT2D eigenvalue weighted by molar-refractivity contribution is -0.136. The third kappa shape index (κ3) is 5.44. The zero-order chi connectivity index (χ0) is 20.8. The molecule has 2 saturated heterocycles. The highest BCUT2D eigenvalue weighted by molar-refractivity contribution is 6.31. The van der Waals surface area contributed by atoms with E-state index < -0.39 is 0 Å². The number of benzene rings is 1. The molecule has 5 nitrogen and oxygen atoms in total. The molecule has 0 bridgehead atoms. The lowest BCUT2D eigenvalue weighted by Crippen LogP contribution is -2.44. The summed E-state index contributed by atoms with van der Waals surface area (Å²) in [6.45, 7) is 5.20. The third-order valence-electron chi connectivity index (χ3n) is 6.38. The molecule has 6 heteroatoms. The van der Waals surface area contributed by atoms with Crippen LogP contribution in [0.5, 0.6) is 5.75 Å². The molecule has 2 aliphatic rings. The number of hydrogen-bond donors (Lipinski definition) is 0. The summed E-state index contributed by atoms with van der Waals surface area (Å²) in [5.41, 5.74) is 0.485. The van der Waals surface area contributed by atoms with Crippen LogP contribution in [0.3, 0.4) is 0 Å². The number of ether oxygens (including phenoxy) is 1. The molecule has 1 aromatic carbocycles. The average molecular weight is 421 g/mol. The SMILES string of the molecule is CCCC1CCCN(C(=O)C2CCN(C(=O)c3cc(Cl)ccc3OC)CC2)CC1. The van der Waals surface area contributed by atoms with Crippen molar-refractivity contribution >= 4 is 23.4 Å². The van der Waals surface area contributed by atoms with Crippen LogP contribution in [0.1, 0.15) is 62.2 Å². The molecule has 1 unspecified atom stereocenters. The Kier molecular flexibility index (Phi) is 7.82. The Balaban J connectivity index is 1.55. The number of methoxy groups -OCH3 is 1. The number of amides is 2. The van der Waals surface area contributed by atoms with Gasteiger partial charge in [0.25, 0.3) is 5.91 Å². The minimum Gasteiger partial charge on any atom is -0.496 e. The highest BCUT2D eigenvalue weighted by Gasteiger charge is 2.32. The standard InChI is InChI=1S/C23H33ClN2O3/c1-3-5-17-6-4-12-25(13-9-17)22(27)18-10-14-26(15-11-18)23(28)20-16-19(24)7-8-21(20)29-2/h7-8,16-18H,3-6,9-15H2,1-2H3. The van der Waals surface area contributed by atoms with Crippen LogP contribution >= 0.6 is 11.6 Å². The van der Waals surface area contributed by atoms with Gasteiger partial charge in [0, 0.05) is 37.1 Å². The van der Waals surface area contributed by atoms with Crippen LogP contribution in [0.25, 0.3) is 0 Å². The summed E-state index contributed by atoms with van der Waals surface area (Å²) in [5, 5.41) is 0.516. The first-order valence-electron chi connectivity index (χ1n) is 10.9. The van der Waals surface area contributed by atoms with Crippen LogP contribution in [-0.4, -0.2) is 54.9 Å². The van der Waals surface area contributed by atoms with Gasteiger partial charge < -0.3 is 14.5 Å². The summed E-state index contributed by atoms with van der Waals surface area (Å²) in [6, 6.07) is 5.09. The largest absolute Gasteiger partial charge is 0.496 e. The molecule has 0 N–H and O–H groups in total. The maximum Gasteiger partial charge on any atom is 0.257 e. The van der Waals surface area contributed by atoms with Gasteiger partial charge in [-0.05, 0) is 56.2 Å². The fourth-order valence-electron chi connectivity index (χ4n) is 4.69. The molecule has 1 atom stereocenters. The predicted molar refractivity (Wildman–Crippen MR) is 115 cm³/mol. The van der Waals surface area contributed by atoms with E-state index in [9.17, 15) is 9.59 Å². The summed E-state index contributed by atoms with van der Waals surface area (Å²) in [4.78, 5) is 29.9. The molecule has 0 radical (unpaired) electrons. The van der Waals surface area contributed by atoms with Crippen LogP contribution in [0.2, 0.25) is 5.02 Å². The molecule has 2 heterocycles. The Hall–Kier alpha value is -1.75. The van der Waals surface area contributed by atoms with E-state index in [1.54, 1.807) is 25.3 Å². The molecule has 0 spiro atoms. The van der Waals surface area contributed by atoms with E-state index in [1.807, 2.05) is 4.90 Å². The van der Waals surface area contributed by atoms with Gasteiger partial charge in [0.2, 0.25) is 5.91 Å². The predicted octanol–water partition coefficient (Wildman–Crippen LogP) is 4.63. The van der Waals surface area contributed by atoms with Crippen LogP contribution in [-0.2, 0) is 4.79 Å². The van der Waals surface area contributed by atoms with Crippen LogP contribution in [0, 0.1) is 11.8 Å². The third-order valence-corrected chi connectivity index (χ3v) is 6.61. The molecule has 3 rings (SSSR count). The molecular formula is C23H33ClN2O3. The summed E-state index contributed by atoms with van der Waals surface area (Å²) in [5.74, 6) is 1.54. The van der Waals surface area contributed by atoms with Gasteiger partial charge in [-0.3, -0.25) is 9.59 Å². The zero-order valence-electron chi connectivity index (χ0n) is 17.7. The minimum absolute atomic E-state index is 0.0306. The lowest BCUT2D eigenvalue weighted by Gasteiger charge is -2.34. The van der Waals surface area contributed by atoms with E-state index in [1.165, 1.54) is 19.3 Å². The fourth-order valence-corrected chi connectivity index (χ4v) is 4.86. The van der Waals surface area contributed by atoms with Crippen molar-refractivity contribution in [3.05, 3.63) is 28.8 Å². The first-order chi connectivity index (χ1) is 14.0. The maximum atomic E-state index is 13.0. The van der Waals surface area contributed by atoms with Crippen molar-refractivity contribution in [1.29, 1.82) is 0 Å². The Morgan fingerprint density at radius 2 is 1.79 bits per heavy atom. The molecule has 2 amide bonds. The summed E-state index contributed by atoms with van der Waals surface area (Å²) in [6.07, 6.45) is 7.43. The zero-order valence-corrected chi connectivity index (χ0v) is 18.4. The quantitative estimate of drug-likeness (QED) is 0.697. The van der Waals surface area contributed by atoms with E-state index in [0.29, 0.717) is 29.4 Å². The van der Waals surface area contributed by atoms with Gasteiger partial charge in [0.1, 0.15) is 5.75 Å². The monoisotopic (exact) mass is 420 g/mol. The topological polar surface area (TPSA) is 49.9 Å². The van der Waals surface area contributed by atoms with Gasteiger partial charge in [-0.15, -0.1) is 0 Å². The number of halogens is 1. The molecule has 0 aliphatic carbocycles. The fraction of sp³-hybridized carbons (Fsp3) is 0.652. The molecule has 0 saturated carbocycles. The number of rotatable bonds is 5. The lowest BCUT2D eigenvalue weighted by atomic mass is 9.94. The number of carbonyl (C=O) groups excluding carboxylic acids is 2. The second-order valence-corrected chi connectivity index (χ2v) is 8.76. The smallest absolute Gasteiger partial charge is 0.257 e. The van der Waals surface area contributed by atoms with Gasteiger partial charge in [0.15, 0.2) is 0 Å². The average Bonchev–Trinajstić information content (AvgIpc) is 2.99. The van der Waals surface area contributed by atoms with Gasteiger partial charge in [-0.1, -0.05) is 31.4 Å². The molecular weight excluding hydrogens is 388 g/mol. The van der Waals surface area contributed by atoms with Crippen molar-refractivity contribution in [2.45, 2.75) is 51.9 Å². The Morgan fingerprint density at radius 1 is 1.07 bits per heavy atom. The second-order valence-electron chi connectivity index (χ2n) is 8.32. The number of hydrogen-bond acceptors (Lipinski definition) is 3. The van der Waals surface area contributed by atoms with E-state index in [2.05, 4.69) is 11.8 Å². The van der Waals surface area contributed by atoms with Crippen molar-refractivity contribution in [3.8, 4) is 5.75 Å². The van der Waals surface area contributed by atoms with Crippen LogP contribution in [0.15, 0.2) is 18.2 Å². The van der Waals surface area contributed by atoms with Gasteiger partial charge in [-0.2, -0.15) is 0 Å². The molecule has 2 fully saturated rings. The minimum atomic E-state index is -0.0765. The van der Waals surface area contributed by atoms with E-state index in [-0.39, 0.29) is 17.7 Å². The van der Waals surface area contributed by atoms with Crippen LogP contribution < -0.4 is 4.74 Å².